The number of carboxylic acids is 1. The van der Waals surface area contributed by atoms with Crippen molar-refractivity contribution in [2.24, 2.45) is 5.41 Å². The van der Waals surface area contributed by atoms with E-state index >= 15 is 0 Å². The summed E-state index contributed by atoms with van der Waals surface area (Å²) in [7, 11) is 0. The van der Waals surface area contributed by atoms with Gasteiger partial charge in [-0.1, -0.05) is 13.8 Å². The van der Waals surface area contributed by atoms with Gasteiger partial charge < -0.3 is 15.5 Å². The van der Waals surface area contributed by atoms with Crippen molar-refractivity contribution in [2.75, 3.05) is 6.61 Å². The molecule has 0 aromatic heterocycles. The van der Waals surface area contributed by atoms with Crippen LogP contribution in [0.5, 0.6) is 0 Å². The first kappa shape index (κ1) is 14.9. The summed E-state index contributed by atoms with van der Waals surface area (Å²) in [6.07, 6.45) is 0.0721. The molecule has 0 aromatic rings. The van der Waals surface area contributed by atoms with Crippen molar-refractivity contribution < 1.29 is 19.8 Å². The highest BCUT2D eigenvalue weighted by atomic mass is 16.4. The molecule has 0 heterocycles. The van der Waals surface area contributed by atoms with Gasteiger partial charge in [-0.3, -0.25) is 9.59 Å². The van der Waals surface area contributed by atoms with E-state index in [1.165, 1.54) is 0 Å². The van der Waals surface area contributed by atoms with Gasteiger partial charge in [0.2, 0.25) is 5.91 Å². The monoisotopic (exact) mass is 231 g/mol. The minimum atomic E-state index is -0.917. The van der Waals surface area contributed by atoms with E-state index in [0.717, 1.165) is 0 Å². The van der Waals surface area contributed by atoms with Crippen LogP contribution >= 0.6 is 0 Å². The SMILES string of the molecule is CC(C)(CC(=O)O)CC(=O)NC(C)(C)CO. The molecule has 0 aliphatic rings. The van der Waals surface area contributed by atoms with Gasteiger partial charge >= 0.3 is 5.97 Å². The van der Waals surface area contributed by atoms with Crippen LogP contribution in [0.3, 0.4) is 0 Å². The fourth-order valence-corrected chi connectivity index (χ4v) is 1.37. The van der Waals surface area contributed by atoms with Crippen LogP contribution in [0.4, 0.5) is 0 Å². The molecule has 94 valence electrons. The maximum atomic E-state index is 11.6. The van der Waals surface area contributed by atoms with Gasteiger partial charge in [-0.15, -0.1) is 0 Å². The van der Waals surface area contributed by atoms with Crippen molar-refractivity contribution in [3.8, 4) is 0 Å². The first-order valence-electron chi connectivity index (χ1n) is 5.22. The van der Waals surface area contributed by atoms with E-state index < -0.39 is 16.9 Å². The van der Waals surface area contributed by atoms with Crippen LogP contribution in [0.15, 0.2) is 0 Å². The Morgan fingerprint density at radius 1 is 1.12 bits per heavy atom. The maximum Gasteiger partial charge on any atom is 0.303 e. The largest absolute Gasteiger partial charge is 0.481 e. The van der Waals surface area contributed by atoms with Gasteiger partial charge in [-0.25, -0.2) is 0 Å². The zero-order chi connectivity index (χ0) is 13.0. The van der Waals surface area contributed by atoms with E-state index in [1.54, 1.807) is 27.7 Å². The Labute approximate surface area is 95.9 Å². The molecule has 0 bridgehead atoms. The molecule has 0 rings (SSSR count). The molecule has 0 aliphatic carbocycles. The number of carbonyl (C=O) groups is 2. The van der Waals surface area contributed by atoms with Crippen molar-refractivity contribution >= 4 is 11.9 Å². The predicted octanol–water partition coefficient (Wildman–Crippen LogP) is 0.764. The number of carbonyl (C=O) groups excluding carboxylic acids is 1. The molecular formula is C11H21NO4. The van der Waals surface area contributed by atoms with Gasteiger partial charge in [0.1, 0.15) is 0 Å². The summed E-state index contributed by atoms with van der Waals surface area (Å²) in [4.78, 5) is 22.2. The van der Waals surface area contributed by atoms with Gasteiger partial charge in [0.05, 0.1) is 18.6 Å². The van der Waals surface area contributed by atoms with Crippen molar-refractivity contribution in [1.29, 1.82) is 0 Å². The van der Waals surface area contributed by atoms with Gasteiger partial charge in [-0.2, -0.15) is 0 Å². The number of amides is 1. The lowest BCUT2D eigenvalue weighted by Gasteiger charge is -2.27. The number of rotatable bonds is 6. The summed E-state index contributed by atoms with van der Waals surface area (Å²) >= 11 is 0. The molecule has 0 spiro atoms. The third kappa shape index (κ3) is 6.40. The van der Waals surface area contributed by atoms with E-state index in [-0.39, 0.29) is 25.4 Å². The van der Waals surface area contributed by atoms with Crippen molar-refractivity contribution in [1.82, 2.24) is 5.32 Å². The predicted molar refractivity (Wildman–Crippen MR) is 60.0 cm³/mol. The normalized spacial score (nSPS) is 12.3. The third-order valence-corrected chi connectivity index (χ3v) is 2.14. The standard InChI is InChI=1S/C11H21NO4/c1-10(2,6-9(15)16)5-8(14)12-11(3,4)7-13/h13H,5-7H2,1-4H3,(H,12,14)(H,15,16). The van der Waals surface area contributed by atoms with Crippen LogP contribution in [0, 0.1) is 5.41 Å². The van der Waals surface area contributed by atoms with E-state index in [1.807, 2.05) is 0 Å². The summed E-state index contributed by atoms with van der Waals surface area (Å²) in [6.45, 7) is 6.71. The molecule has 0 saturated carbocycles. The highest BCUT2D eigenvalue weighted by Gasteiger charge is 2.27. The first-order valence-corrected chi connectivity index (χ1v) is 5.22. The third-order valence-electron chi connectivity index (χ3n) is 2.14. The Morgan fingerprint density at radius 3 is 2.00 bits per heavy atom. The molecule has 16 heavy (non-hydrogen) atoms. The number of aliphatic carboxylic acids is 1. The van der Waals surface area contributed by atoms with Crippen LogP contribution < -0.4 is 5.32 Å². The molecular weight excluding hydrogens is 210 g/mol. The molecule has 0 atom stereocenters. The molecule has 0 radical (unpaired) electrons. The Morgan fingerprint density at radius 2 is 1.62 bits per heavy atom. The molecule has 0 aromatic carbocycles. The number of nitrogens with one attached hydrogen (secondary N) is 1. The average Bonchev–Trinajstić information content (AvgIpc) is 1.98. The highest BCUT2D eigenvalue weighted by molar-refractivity contribution is 5.78. The zero-order valence-electron chi connectivity index (χ0n) is 10.3. The van der Waals surface area contributed by atoms with E-state index in [0.29, 0.717) is 0 Å². The summed E-state index contributed by atoms with van der Waals surface area (Å²) in [5.74, 6) is -1.16. The Hall–Kier alpha value is -1.10. The van der Waals surface area contributed by atoms with Gasteiger partial charge in [0.15, 0.2) is 0 Å². The highest BCUT2D eigenvalue weighted by Crippen LogP contribution is 2.25. The Balaban J connectivity index is 4.29. The molecule has 0 fully saturated rings. The molecule has 0 aliphatic heterocycles. The number of hydrogen-bond donors (Lipinski definition) is 3. The Bertz CT molecular complexity index is 271. The van der Waals surface area contributed by atoms with Crippen LogP contribution in [0.25, 0.3) is 0 Å². The molecule has 5 heteroatoms. The first-order chi connectivity index (χ1) is 7.08. The summed E-state index contributed by atoms with van der Waals surface area (Å²) in [5.41, 5.74) is -1.25. The topological polar surface area (TPSA) is 86.6 Å². The lowest BCUT2D eigenvalue weighted by atomic mass is 9.85. The molecule has 1 amide bonds. The summed E-state index contributed by atoms with van der Waals surface area (Å²) < 4.78 is 0. The van der Waals surface area contributed by atoms with Crippen LogP contribution in [-0.4, -0.2) is 34.2 Å². The number of carboxylic acid groups (broad SMARTS) is 1. The fraction of sp³-hybridized carbons (Fsp3) is 0.818. The lowest BCUT2D eigenvalue weighted by molar-refractivity contribution is -0.139. The average molecular weight is 231 g/mol. The summed E-state index contributed by atoms with van der Waals surface area (Å²) in [6, 6.07) is 0. The number of aliphatic hydroxyl groups is 1. The van der Waals surface area contributed by atoms with Crippen molar-refractivity contribution in [3.05, 3.63) is 0 Å². The second kappa shape index (κ2) is 5.30. The fourth-order valence-electron chi connectivity index (χ4n) is 1.37. The van der Waals surface area contributed by atoms with E-state index in [2.05, 4.69) is 5.32 Å². The maximum absolute atomic E-state index is 11.6. The number of hydrogen-bond acceptors (Lipinski definition) is 3. The molecule has 0 saturated heterocycles. The van der Waals surface area contributed by atoms with Gasteiger partial charge in [-0.05, 0) is 19.3 Å². The van der Waals surface area contributed by atoms with Gasteiger partial charge in [0, 0.05) is 6.42 Å². The van der Waals surface area contributed by atoms with E-state index in [4.69, 9.17) is 10.2 Å². The smallest absolute Gasteiger partial charge is 0.303 e. The van der Waals surface area contributed by atoms with Crippen LogP contribution in [0.1, 0.15) is 40.5 Å². The zero-order valence-corrected chi connectivity index (χ0v) is 10.3. The van der Waals surface area contributed by atoms with E-state index in [9.17, 15) is 9.59 Å². The molecule has 3 N–H and O–H groups in total. The molecule has 5 nitrogen and oxygen atoms in total. The lowest BCUT2D eigenvalue weighted by Crippen LogP contribution is -2.47. The van der Waals surface area contributed by atoms with Gasteiger partial charge in [0.25, 0.3) is 0 Å². The second-order valence-electron chi connectivity index (χ2n) is 5.50. The summed E-state index contributed by atoms with van der Waals surface area (Å²) in [5, 5.41) is 20.3. The van der Waals surface area contributed by atoms with Crippen LogP contribution in [-0.2, 0) is 9.59 Å². The number of aliphatic hydroxyl groups excluding tert-OH is 1. The Kier molecular flexibility index (Phi) is 4.93. The quantitative estimate of drug-likeness (QED) is 0.630. The minimum Gasteiger partial charge on any atom is -0.481 e. The van der Waals surface area contributed by atoms with Crippen molar-refractivity contribution in [2.45, 2.75) is 46.1 Å². The van der Waals surface area contributed by atoms with Crippen LogP contribution in [0.2, 0.25) is 0 Å². The minimum absolute atomic E-state index is 0.0556. The van der Waals surface area contributed by atoms with Crippen molar-refractivity contribution in [3.63, 3.8) is 0 Å². The second-order valence-corrected chi connectivity index (χ2v) is 5.50. The molecule has 0 unspecified atom stereocenters.